The predicted octanol–water partition coefficient (Wildman–Crippen LogP) is 2.28. The van der Waals surface area contributed by atoms with E-state index >= 15 is 0 Å². The lowest BCUT2D eigenvalue weighted by molar-refractivity contribution is 0.181. The van der Waals surface area contributed by atoms with E-state index < -0.39 is 5.54 Å². The van der Waals surface area contributed by atoms with E-state index in [9.17, 15) is 0 Å². The summed E-state index contributed by atoms with van der Waals surface area (Å²) in [7, 11) is 0. The van der Waals surface area contributed by atoms with Crippen LogP contribution in [0.2, 0.25) is 0 Å². The maximum Gasteiger partial charge on any atom is 0.247 e. The average molecular weight is 273 g/mol. The first-order valence-corrected chi connectivity index (χ1v) is 7.11. The Balaban J connectivity index is 1.80. The summed E-state index contributed by atoms with van der Waals surface area (Å²) in [6.07, 6.45) is 8.38. The summed E-state index contributed by atoms with van der Waals surface area (Å²) in [6.45, 7) is 2.23. The summed E-state index contributed by atoms with van der Waals surface area (Å²) in [5, 5.41) is 3.99. The predicted molar refractivity (Wildman–Crippen MR) is 73.4 cm³/mol. The fourth-order valence-corrected chi connectivity index (χ4v) is 2.77. The second kappa shape index (κ2) is 5.28. The third kappa shape index (κ3) is 2.43. The Labute approximate surface area is 117 Å². The Bertz CT molecular complexity index is 560. The van der Waals surface area contributed by atoms with Crippen molar-refractivity contribution >= 4 is 0 Å². The van der Waals surface area contributed by atoms with Crippen molar-refractivity contribution in [3.05, 3.63) is 24.5 Å². The molecule has 0 unspecified atom stereocenters. The molecule has 0 radical (unpaired) electrons. The molecule has 1 fully saturated rings. The van der Waals surface area contributed by atoms with Gasteiger partial charge in [-0.2, -0.15) is 4.98 Å². The number of hydrogen-bond acceptors (Lipinski definition) is 6. The van der Waals surface area contributed by atoms with Gasteiger partial charge in [0.1, 0.15) is 12.0 Å². The quantitative estimate of drug-likeness (QED) is 0.922. The highest BCUT2D eigenvalue weighted by atomic mass is 16.5. The smallest absolute Gasteiger partial charge is 0.247 e. The molecule has 6 nitrogen and oxygen atoms in total. The second-order valence-corrected chi connectivity index (χ2v) is 5.53. The summed E-state index contributed by atoms with van der Waals surface area (Å²) in [5.41, 5.74) is 6.63. The first-order chi connectivity index (χ1) is 9.71. The zero-order valence-electron chi connectivity index (χ0n) is 11.6. The van der Waals surface area contributed by atoms with Crippen LogP contribution in [0.25, 0.3) is 11.5 Å². The maximum absolute atomic E-state index is 6.46. The van der Waals surface area contributed by atoms with Crippen LogP contribution in [0.15, 0.2) is 23.1 Å². The van der Waals surface area contributed by atoms with Crippen molar-refractivity contribution in [3.63, 3.8) is 0 Å². The molecule has 6 heteroatoms. The minimum absolute atomic E-state index is 0.477. The number of aromatic nitrogens is 4. The molecule has 0 amide bonds. The van der Waals surface area contributed by atoms with Gasteiger partial charge in [0, 0.05) is 6.20 Å². The van der Waals surface area contributed by atoms with Crippen LogP contribution in [-0.4, -0.2) is 20.1 Å². The third-order valence-electron chi connectivity index (χ3n) is 4.24. The lowest BCUT2D eigenvalue weighted by Gasteiger charge is -2.33. The molecule has 1 aliphatic rings. The molecule has 1 saturated carbocycles. The van der Waals surface area contributed by atoms with Crippen LogP contribution < -0.4 is 5.73 Å². The van der Waals surface area contributed by atoms with E-state index in [0.717, 1.165) is 31.6 Å². The highest BCUT2D eigenvalue weighted by molar-refractivity contribution is 5.46. The number of nitrogens with zero attached hydrogens (tertiary/aromatic N) is 4. The fraction of sp³-hybridized carbons (Fsp3) is 0.571. The molecule has 1 aliphatic carbocycles. The van der Waals surface area contributed by atoms with Crippen LogP contribution in [-0.2, 0) is 5.54 Å². The monoisotopic (exact) mass is 273 g/mol. The van der Waals surface area contributed by atoms with E-state index in [4.69, 9.17) is 10.3 Å². The van der Waals surface area contributed by atoms with Crippen molar-refractivity contribution in [2.75, 3.05) is 0 Å². The topological polar surface area (TPSA) is 90.7 Å². The fourth-order valence-electron chi connectivity index (χ4n) is 2.77. The Hall–Kier alpha value is -1.82. The molecule has 0 spiro atoms. The zero-order valence-corrected chi connectivity index (χ0v) is 11.6. The summed E-state index contributed by atoms with van der Waals surface area (Å²) in [6, 6.07) is 1.76. The third-order valence-corrected chi connectivity index (χ3v) is 4.24. The van der Waals surface area contributed by atoms with Crippen LogP contribution in [0.1, 0.15) is 44.9 Å². The van der Waals surface area contributed by atoms with Gasteiger partial charge in [-0.1, -0.05) is 18.5 Å². The van der Waals surface area contributed by atoms with Crippen molar-refractivity contribution in [1.82, 2.24) is 20.1 Å². The number of rotatable bonds is 3. The average Bonchev–Trinajstić information content (AvgIpc) is 3.00. The standard InChI is InChI=1S/C14H19N5O/c1-2-10-3-6-14(15,7-4-10)13-18-12(19-20-13)11-5-8-16-9-17-11/h5,8-10H,2-4,6-7,15H2,1H3. The van der Waals surface area contributed by atoms with E-state index in [2.05, 4.69) is 27.0 Å². The van der Waals surface area contributed by atoms with Gasteiger partial charge in [0.25, 0.3) is 0 Å². The molecule has 0 saturated heterocycles. The zero-order chi connectivity index (χ0) is 14.0. The van der Waals surface area contributed by atoms with Gasteiger partial charge in [-0.15, -0.1) is 0 Å². The van der Waals surface area contributed by atoms with Crippen molar-refractivity contribution in [2.45, 2.75) is 44.6 Å². The van der Waals surface area contributed by atoms with E-state index in [1.807, 2.05) is 0 Å². The molecule has 20 heavy (non-hydrogen) atoms. The Morgan fingerprint density at radius 3 is 2.85 bits per heavy atom. The van der Waals surface area contributed by atoms with Crippen LogP contribution in [0, 0.1) is 5.92 Å². The Kier molecular flexibility index (Phi) is 3.48. The van der Waals surface area contributed by atoms with Crippen molar-refractivity contribution in [1.29, 1.82) is 0 Å². The molecule has 2 heterocycles. The molecular weight excluding hydrogens is 254 g/mol. The van der Waals surface area contributed by atoms with Crippen molar-refractivity contribution < 1.29 is 4.52 Å². The lowest BCUT2D eigenvalue weighted by Crippen LogP contribution is -2.40. The Morgan fingerprint density at radius 1 is 1.40 bits per heavy atom. The molecule has 3 rings (SSSR count). The van der Waals surface area contributed by atoms with E-state index in [-0.39, 0.29) is 0 Å². The van der Waals surface area contributed by atoms with Gasteiger partial charge in [-0.3, -0.25) is 0 Å². The molecule has 0 aliphatic heterocycles. The highest BCUT2D eigenvalue weighted by Gasteiger charge is 2.37. The highest BCUT2D eigenvalue weighted by Crippen LogP contribution is 2.38. The molecular formula is C14H19N5O. The summed E-state index contributed by atoms with van der Waals surface area (Å²) in [4.78, 5) is 12.4. The lowest BCUT2D eigenvalue weighted by atomic mass is 9.76. The van der Waals surface area contributed by atoms with Crippen LogP contribution in [0.3, 0.4) is 0 Å². The molecule has 0 atom stereocenters. The molecule has 2 aromatic heterocycles. The van der Waals surface area contributed by atoms with Gasteiger partial charge in [0.05, 0.1) is 5.54 Å². The van der Waals surface area contributed by atoms with Gasteiger partial charge < -0.3 is 10.3 Å². The SMILES string of the molecule is CCC1CCC(N)(c2nc(-c3ccncn3)no2)CC1. The first-order valence-electron chi connectivity index (χ1n) is 7.11. The maximum atomic E-state index is 6.46. The van der Waals surface area contributed by atoms with Crippen LogP contribution >= 0.6 is 0 Å². The number of hydrogen-bond donors (Lipinski definition) is 1. The van der Waals surface area contributed by atoms with Crippen LogP contribution in [0.5, 0.6) is 0 Å². The van der Waals surface area contributed by atoms with E-state index in [1.54, 1.807) is 12.3 Å². The number of nitrogens with two attached hydrogens (primary N) is 1. The van der Waals surface area contributed by atoms with Gasteiger partial charge >= 0.3 is 0 Å². The summed E-state index contributed by atoms with van der Waals surface area (Å²) >= 11 is 0. The van der Waals surface area contributed by atoms with Crippen molar-refractivity contribution in [2.24, 2.45) is 11.7 Å². The van der Waals surface area contributed by atoms with Gasteiger partial charge in [0.2, 0.25) is 11.7 Å². The van der Waals surface area contributed by atoms with Gasteiger partial charge in [-0.05, 0) is 37.7 Å². The summed E-state index contributed by atoms with van der Waals surface area (Å²) in [5.74, 6) is 1.78. The normalized spacial score (nSPS) is 26.6. The first kappa shape index (κ1) is 13.2. The van der Waals surface area contributed by atoms with E-state index in [0.29, 0.717) is 17.4 Å². The molecule has 2 aromatic rings. The second-order valence-electron chi connectivity index (χ2n) is 5.53. The Morgan fingerprint density at radius 2 is 2.20 bits per heavy atom. The molecule has 2 N–H and O–H groups in total. The van der Waals surface area contributed by atoms with Crippen LogP contribution in [0.4, 0.5) is 0 Å². The van der Waals surface area contributed by atoms with Gasteiger partial charge in [-0.25, -0.2) is 9.97 Å². The molecule has 0 bridgehead atoms. The summed E-state index contributed by atoms with van der Waals surface area (Å²) < 4.78 is 5.38. The van der Waals surface area contributed by atoms with Crippen molar-refractivity contribution in [3.8, 4) is 11.5 Å². The molecule has 0 aromatic carbocycles. The minimum atomic E-state index is -0.482. The largest absolute Gasteiger partial charge is 0.337 e. The minimum Gasteiger partial charge on any atom is -0.337 e. The van der Waals surface area contributed by atoms with Gasteiger partial charge in [0.15, 0.2) is 0 Å². The van der Waals surface area contributed by atoms with E-state index in [1.165, 1.54) is 12.7 Å². The molecule has 106 valence electrons.